The summed E-state index contributed by atoms with van der Waals surface area (Å²) in [6.45, 7) is 0.205. The Balaban J connectivity index is 1.51. The van der Waals surface area contributed by atoms with Crippen LogP contribution in [0.1, 0.15) is 27.7 Å². The average molecular weight is 464 g/mol. The molecule has 0 saturated heterocycles. The minimum atomic E-state index is -1.12. The molecular formula is C26H19F3N2O3. The van der Waals surface area contributed by atoms with Gasteiger partial charge in [-0.3, -0.25) is 9.59 Å². The number of ether oxygens (including phenoxy) is 1. The Labute approximate surface area is 192 Å². The summed E-state index contributed by atoms with van der Waals surface area (Å²) in [5.41, 5.74) is 2.21. The van der Waals surface area contributed by atoms with Crippen LogP contribution in [0.25, 0.3) is 21.9 Å². The Hall–Kier alpha value is -3.91. The number of pyridine rings is 1. The summed E-state index contributed by atoms with van der Waals surface area (Å²) in [6, 6.07) is 14.1. The van der Waals surface area contributed by atoms with Gasteiger partial charge in [-0.15, -0.1) is 0 Å². The van der Waals surface area contributed by atoms with Gasteiger partial charge in [0.05, 0.1) is 24.6 Å². The molecule has 0 saturated carbocycles. The first-order valence-corrected chi connectivity index (χ1v) is 10.6. The lowest BCUT2D eigenvalue weighted by Gasteiger charge is -2.34. The molecule has 0 radical (unpaired) electrons. The van der Waals surface area contributed by atoms with E-state index in [0.29, 0.717) is 22.4 Å². The molecule has 1 aromatic heterocycles. The van der Waals surface area contributed by atoms with Gasteiger partial charge in [0, 0.05) is 23.9 Å². The van der Waals surface area contributed by atoms with E-state index in [1.54, 1.807) is 43.4 Å². The van der Waals surface area contributed by atoms with Crippen molar-refractivity contribution in [3.63, 3.8) is 0 Å². The highest BCUT2D eigenvalue weighted by molar-refractivity contribution is 5.95. The second-order valence-electron chi connectivity index (χ2n) is 8.19. The fraction of sp³-hybridized carbons (Fsp3) is 0.154. The summed E-state index contributed by atoms with van der Waals surface area (Å²) in [7, 11) is 1.59. The topological polar surface area (TPSA) is 62.4 Å². The van der Waals surface area contributed by atoms with Crippen LogP contribution in [0, 0.1) is 17.5 Å². The summed E-state index contributed by atoms with van der Waals surface area (Å²) in [5.74, 6) is -2.87. The van der Waals surface area contributed by atoms with E-state index >= 15 is 0 Å². The molecule has 1 aliphatic rings. The SMILES string of the molecule is CN(C(=O)c1ccc(-c2cccc(F)c2)cc1)C1COCc2[nH]c(=O)c3cc(F)c(F)cc3c21. The Morgan fingerprint density at radius 2 is 1.68 bits per heavy atom. The van der Waals surface area contributed by atoms with Gasteiger partial charge in [-0.25, -0.2) is 13.2 Å². The first-order chi connectivity index (χ1) is 16.3. The maximum absolute atomic E-state index is 14.1. The Morgan fingerprint density at radius 1 is 0.971 bits per heavy atom. The number of rotatable bonds is 3. The first kappa shape index (κ1) is 21.9. The molecule has 4 aromatic rings. The summed E-state index contributed by atoms with van der Waals surface area (Å²) in [5, 5.41) is 0.247. The van der Waals surface area contributed by atoms with Crippen LogP contribution in [0.15, 0.2) is 65.5 Å². The van der Waals surface area contributed by atoms with Crippen molar-refractivity contribution in [2.75, 3.05) is 13.7 Å². The van der Waals surface area contributed by atoms with Gasteiger partial charge in [0.15, 0.2) is 11.6 Å². The molecule has 172 valence electrons. The lowest BCUT2D eigenvalue weighted by Crippen LogP contribution is -2.37. The Bertz CT molecular complexity index is 1480. The zero-order valence-corrected chi connectivity index (χ0v) is 18.1. The highest BCUT2D eigenvalue weighted by Gasteiger charge is 2.31. The molecule has 0 aliphatic carbocycles. The monoisotopic (exact) mass is 464 g/mol. The van der Waals surface area contributed by atoms with Crippen molar-refractivity contribution >= 4 is 16.7 Å². The molecular weight excluding hydrogens is 445 g/mol. The molecule has 0 bridgehead atoms. The van der Waals surface area contributed by atoms with Crippen molar-refractivity contribution in [1.29, 1.82) is 0 Å². The quantitative estimate of drug-likeness (QED) is 0.467. The molecule has 34 heavy (non-hydrogen) atoms. The number of halogens is 3. The molecule has 5 rings (SSSR count). The second kappa shape index (κ2) is 8.46. The number of hydrogen-bond acceptors (Lipinski definition) is 3. The molecule has 0 fully saturated rings. The van der Waals surface area contributed by atoms with Crippen LogP contribution in [0.5, 0.6) is 0 Å². The maximum Gasteiger partial charge on any atom is 0.256 e. The smallest absolute Gasteiger partial charge is 0.256 e. The van der Waals surface area contributed by atoms with Gasteiger partial charge in [-0.2, -0.15) is 0 Å². The Kier molecular flexibility index (Phi) is 5.45. The Morgan fingerprint density at radius 3 is 2.38 bits per heavy atom. The standard InChI is InChI=1S/C26H19F3N2O3/c1-31(26(33)15-7-5-14(6-8-15)16-3-2-4-17(27)9-16)23-13-34-12-22-24(23)18-10-20(28)21(29)11-19(18)25(32)30-22/h2-11,23H,12-13H2,1H3,(H,30,32). The number of likely N-dealkylation sites (N-methyl/N-ethyl adjacent to an activating group) is 1. The fourth-order valence-electron chi connectivity index (χ4n) is 4.37. The molecule has 2 heterocycles. The summed E-state index contributed by atoms with van der Waals surface area (Å²) in [4.78, 5) is 29.8. The number of carbonyl (C=O) groups is 1. The normalized spacial score (nSPS) is 15.2. The number of carbonyl (C=O) groups excluding carboxylic acids is 1. The predicted octanol–water partition coefficient (Wildman–Crippen LogP) is 4.96. The summed E-state index contributed by atoms with van der Waals surface area (Å²) >= 11 is 0. The zero-order chi connectivity index (χ0) is 24.0. The number of H-pyrrole nitrogens is 1. The number of fused-ring (bicyclic) bond motifs is 3. The van der Waals surface area contributed by atoms with Gasteiger partial charge in [-0.1, -0.05) is 24.3 Å². The van der Waals surface area contributed by atoms with Crippen molar-refractivity contribution in [3.05, 3.63) is 105 Å². The highest BCUT2D eigenvalue weighted by Crippen LogP contribution is 2.34. The lowest BCUT2D eigenvalue weighted by atomic mass is 9.95. The number of hydrogen-bond donors (Lipinski definition) is 1. The molecule has 3 aromatic carbocycles. The van der Waals surface area contributed by atoms with Crippen LogP contribution in [-0.4, -0.2) is 29.4 Å². The third-order valence-electron chi connectivity index (χ3n) is 6.12. The molecule has 5 nitrogen and oxygen atoms in total. The third kappa shape index (κ3) is 3.76. The average Bonchev–Trinajstić information content (AvgIpc) is 2.84. The molecule has 0 spiro atoms. The van der Waals surface area contributed by atoms with Crippen LogP contribution in [0.2, 0.25) is 0 Å². The lowest BCUT2D eigenvalue weighted by molar-refractivity contribution is 0.0335. The number of benzene rings is 3. The third-order valence-corrected chi connectivity index (χ3v) is 6.12. The molecule has 1 aliphatic heterocycles. The van der Waals surface area contributed by atoms with Crippen molar-refractivity contribution in [2.45, 2.75) is 12.6 Å². The van der Waals surface area contributed by atoms with Crippen LogP contribution in [0.3, 0.4) is 0 Å². The van der Waals surface area contributed by atoms with Gasteiger partial charge in [0.2, 0.25) is 0 Å². The van der Waals surface area contributed by atoms with Gasteiger partial charge in [-0.05, 0) is 52.9 Å². The second-order valence-corrected chi connectivity index (χ2v) is 8.19. The van der Waals surface area contributed by atoms with E-state index in [1.807, 2.05) is 0 Å². The molecule has 1 atom stereocenters. The highest BCUT2D eigenvalue weighted by atomic mass is 19.2. The van der Waals surface area contributed by atoms with E-state index < -0.39 is 23.2 Å². The van der Waals surface area contributed by atoms with Crippen LogP contribution >= 0.6 is 0 Å². The van der Waals surface area contributed by atoms with Gasteiger partial charge in [0.1, 0.15) is 5.82 Å². The number of aromatic nitrogens is 1. The van der Waals surface area contributed by atoms with Crippen LogP contribution in [0.4, 0.5) is 13.2 Å². The minimum Gasteiger partial charge on any atom is -0.373 e. The van der Waals surface area contributed by atoms with Crippen LogP contribution < -0.4 is 5.56 Å². The molecule has 1 N–H and O–H groups in total. The fourth-order valence-corrected chi connectivity index (χ4v) is 4.37. The zero-order valence-electron chi connectivity index (χ0n) is 18.1. The van der Waals surface area contributed by atoms with E-state index in [-0.39, 0.29) is 35.7 Å². The summed E-state index contributed by atoms with van der Waals surface area (Å²) < 4.78 is 47.0. The van der Waals surface area contributed by atoms with E-state index in [2.05, 4.69) is 4.98 Å². The largest absolute Gasteiger partial charge is 0.373 e. The first-order valence-electron chi connectivity index (χ1n) is 10.6. The van der Waals surface area contributed by atoms with Crippen molar-refractivity contribution < 1.29 is 22.7 Å². The maximum atomic E-state index is 14.1. The predicted molar refractivity (Wildman–Crippen MR) is 121 cm³/mol. The number of amides is 1. The molecule has 8 heteroatoms. The van der Waals surface area contributed by atoms with E-state index in [1.165, 1.54) is 17.0 Å². The summed E-state index contributed by atoms with van der Waals surface area (Å²) in [6.07, 6.45) is 0. The van der Waals surface area contributed by atoms with E-state index in [4.69, 9.17) is 4.74 Å². The van der Waals surface area contributed by atoms with Gasteiger partial charge in [0.25, 0.3) is 11.5 Å². The van der Waals surface area contributed by atoms with Gasteiger partial charge < -0.3 is 14.6 Å². The number of nitrogens with zero attached hydrogens (tertiary/aromatic N) is 1. The van der Waals surface area contributed by atoms with Crippen molar-refractivity contribution in [2.24, 2.45) is 0 Å². The molecule has 1 amide bonds. The van der Waals surface area contributed by atoms with Crippen LogP contribution in [-0.2, 0) is 11.3 Å². The number of nitrogens with one attached hydrogen (secondary N) is 1. The van der Waals surface area contributed by atoms with Gasteiger partial charge >= 0.3 is 0 Å². The number of aromatic amines is 1. The van der Waals surface area contributed by atoms with Crippen molar-refractivity contribution in [1.82, 2.24) is 9.88 Å². The van der Waals surface area contributed by atoms with E-state index in [9.17, 15) is 22.8 Å². The van der Waals surface area contributed by atoms with Crippen molar-refractivity contribution in [3.8, 4) is 11.1 Å². The minimum absolute atomic E-state index is 0.00449. The van der Waals surface area contributed by atoms with E-state index in [0.717, 1.165) is 17.7 Å². The molecule has 1 unspecified atom stereocenters.